The second-order valence-electron chi connectivity index (χ2n) is 7.26. The molecule has 0 spiro atoms. The Morgan fingerprint density at radius 2 is 1.82 bits per heavy atom. The van der Waals surface area contributed by atoms with Crippen LogP contribution in [0.4, 0.5) is 10.5 Å². The van der Waals surface area contributed by atoms with Gasteiger partial charge in [-0.2, -0.15) is 0 Å². The van der Waals surface area contributed by atoms with Crippen molar-refractivity contribution >= 4 is 23.5 Å². The predicted octanol–water partition coefficient (Wildman–Crippen LogP) is 1.67. The van der Waals surface area contributed by atoms with Gasteiger partial charge in [0.25, 0.3) is 0 Å². The number of urea groups is 1. The third-order valence-corrected chi connectivity index (χ3v) is 5.25. The molecular weight excluding hydrogens is 358 g/mol. The van der Waals surface area contributed by atoms with E-state index in [1.807, 2.05) is 36.4 Å². The minimum Gasteiger partial charge on any atom is -0.390 e. The van der Waals surface area contributed by atoms with E-state index >= 15 is 0 Å². The van der Waals surface area contributed by atoms with Crippen LogP contribution in [0.1, 0.15) is 29.2 Å². The zero-order valence-electron chi connectivity index (χ0n) is 15.1. The number of fused-ring (bicyclic) bond motifs is 1. The lowest BCUT2D eigenvalue weighted by molar-refractivity contribution is -0.125. The van der Waals surface area contributed by atoms with Gasteiger partial charge in [0.05, 0.1) is 18.1 Å². The van der Waals surface area contributed by atoms with Crippen LogP contribution in [0.2, 0.25) is 0 Å². The third kappa shape index (κ3) is 3.75. The summed E-state index contributed by atoms with van der Waals surface area (Å²) in [4.78, 5) is 35.3. The molecule has 0 saturated carbocycles. The van der Waals surface area contributed by atoms with Crippen molar-refractivity contribution in [3.05, 3.63) is 65.2 Å². The van der Waals surface area contributed by atoms with Crippen LogP contribution < -0.4 is 16.0 Å². The molecule has 1 aliphatic carbocycles. The molecule has 1 saturated heterocycles. The van der Waals surface area contributed by atoms with Gasteiger partial charge < -0.3 is 15.7 Å². The lowest BCUT2D eigenvalue weighted by Crippen LogP contribution is -2.36. The van der Waals surface area contributed by atoms with Gasteiger partial charge in [-0.1, -0.05) is 36.4 Å². The number of rotatable bonds is 4. The van der Waals surface area contributed by atoms with Gasteiger partial charge in [-0.05, 0) is 35.2 Å². The molecule has 28 heavy (non-hydrogen) atoms. The molecule has 144 valence electrons. The molecule has 3 unspecified atom stereocenters. The van der Waals surface area contributed by atoms with Crippen LogP contribution in [0, 0.1) is 5.92 Å². The number of nitrogens with one attached hydrogen (secondary N) is 3. The van der Waals surface area contributed by atoms with Crippen LogP contribution in [0.25, 0.3) is 0 Å². The molecule has 7 nitrogen and oxygen atoms in total. The smallest absolute Gasteiger partial charge is 0.319 e. The number of aliphatic hydroxyl groups is 1. The van der Waals surface area contributed by atoms with Crippen LogP contribution in [0.15, 0.2) is 48.5 Å². The first-order valence-corrected chi connectivity index (χ1v) is 9.25. The summed E-state index contributed by atoms with van der Waals surface area (Å²) in [5, 5.41) is 18.1. The molecular formula is C21H21N3O4. The fraction of sp³-hybridized carbons (Fsp3) is 0.286. The quantitative estimate of drug-likeness (QED) is 0.606. The molecule has 1 fully saturated rings. The largest absolute Gasteiger partial charge is 0.390 e. The van der Waals surface area contributed by atoms with Gasteiger partial charge in [0.2, 0.25) is 11.8 Å². The number of anilines is 1. The van der Waals surface area contributed by atoms with Crippen molar-refractivity contribution in [3.63, 3.8) is 0 Å². The first-order chi connectivity index (χ1) is 13.5. The fourth-order valence-corrected chi connectivity index (χ4v) is 3.84. The van der Waals surface area contributed by atoms with Crippen LogP contribution in [-0.4, -0.2) is 29.1 Å². The Labute approximate surface area is 162 Å². The topological polar surface area (TPSA) is 108 Å². The standard InChI is InChI=1S/C21H21N3O4/c25-17-10-13-3-1-2-4-16(13)19(17)24-21(28)22-15-7-5-12(6-8-15)9-14-11-18(26)23-20(14)27/h1-8,14,17,19,25H,9-11H2,(H2,22,24,28)(H,23,26,27). The van der Waals surface area contributed by atoms with Crippen molar-refractivity contribution < 1.29 is 19.5 Å². The molecule has 2 aliphatic rings. The lowest BCUT2D eigenvalue weighted by atomic mass is 9.98. The van der Waals surface area contributed by atoms with Crippen LogP contribution in [-0.2, 0) is 22.4 Å². The van der Waals surface area contributed by atoms with E-state index in [1.165, 1.54) is 0 Å². The van der Waals surface area contributed by atoms with Crippen LogP contribution >= 0.6 is 0 Å². The van der Waals surface area contributed by atoms with E-state index in [9.17, 15) is 19.5 Å². The number of hydrogen-bond acceptors (Lipinski definition) is 4. The second-order valence-corrected chi connectivity index (χ2v) is 7.26. The van der Waals surface area contributed by atoms with Crippen molar-refractivity contribution in [2.24, 2.45) is 5.92 Å². The minimum absolute atomic E-state index is 0.215. The molecule has 0 bridgehead atoms. The van der Waals surface area contributed by atoms with Crippen molar-refractivity contribution in [1.29, 1.82) is 0 Å². The van der Waals surface area contributed by atoms with E-state index in [-0.39, 0.29) is 24.2 Å². The van der Waals surface area contributed by atoms with Gasteiger partial charge in [-0.3, -0.25) is 14.9 Å². The molecule has 0 radical (unpaired) electrons. The summed E-state index contributed by atoms with van der Waals surface area (Å²) in [6, 6.07) is 14.0. The van der Waals surface area contributed by atoms with E-state index < -0.39 is 18.2 Å². The zero-order chi connectivity index (χ0) is 19.7. The Morgan fingerprint density at radius 1 is 1.07 bits per heavy atom. The van der Waals surface area contributed by atoms with Gasteiger partial charge in [0, 0.05) is 18.5 Å². The number of carbonyl (C=O) groups excluding carboxylic acids is 3. The van der Waals surface area contributed by atoms with Crippen molar-refractivity contribution in [2.45, 2.75) is 31.4 Å². The van der Waals surface area contributed by atoms with E-state index in [4.69, 9.17) is 0 Å². The number of hydrogen-bond donors (Lipinski definition) is 4. The van der Waals surface area contributed by atoms with Crippen molar-refractivity contribution in [2.75, 3.05) is 5.32 Å². The highest BCUT2D eigenvalue weighted by molar-refractivity contribution is 6.03. The monoisotopic (exact) mass is 379 g/mol. The molecule has 1 heterocycles. The third-order valence-electron chi connectivity index (χ3n) is 5.25. The molecule has 7 heteroatoms. The first kappa shape index (κ1) is 18.2. The maximum absolute atomic E-state index is 12.3. The predicted molar refractivity (Wildman–Crippen MR) is 102 cm³/mol. The van der Waals surface area contributed by atoms with Gasteiger partial charge >= 0.3 is 6.03 Å². The first-order valence-electron chi connectivity index (χ1n) is 9.25. The molecule has 3 atom stereocenters. The minimum atomic E-state index is -0.647. The number of amides is 4. The summed E-state index contributed by atoms with van der Waals surface area (Å²) < 4.78 is 0. The second kappa shape index (κ2) is 7.44. The lowest BCUT2D eigenvalue weighted by Gasteiger charge is -2.18. The van der Waals surface area contributed by atoms with E-state index in [2.05, 4.69) is 16.0 Å². The van der Waals surface area contributed by atoms with E-state index in [0.717, 1.165) is 16.7 Å². The summed E-state index contributed by atoms with van der Waals surface area (Å²) in [5.41, 5.74) is 3.50. The number of benzene rings is 2. The van der Waals surface area contributed by atoms with Crippen LogP contribution in [0.5, 0.6) is 0 Å². The van der Waals surface area contributed by atoms with Crippen molar-refractivity contribution in [3.8, 4) is 0 Å². The normalized spacial score (nSPS) is 23.2. The Morgan fingerprint density at radius 3 is 2.54 bits per heavy atom. The number of imide groups is 1. The van der Waals surface area contributed by atoms with E-state index in [0.29, 0.717) is 18.5 Å². The highest BCUT2D eigenvalue weighted by atomic mass is 16.3. The Hall–Kier alpha value is -3.19. The maximum atomic E-state index is 12.3. The Bertz CT molecular complexity index is 926. The SMILES string of the molecule is O=C1CC(Cc2ccc(NC(=O)NC3c4ccccc4CC3O)cc2)C(=O)N1. The molecule has 2 aromatic carbocycles. The Kier molecular flexibility index (Phi) is 4.83. The summed E-state index contributed by atoms with van der Waals surface area (Å²) in [6.45, 7) is 0. The zero-order valence-corrected chi connectivity index (χ0v) is 15.1. The van der Waals surface area contributed by atoms with Gasteiger partial charge in [-0.25, -0.2) is 4.79 Å². The number of aliphatic hydroxyl groups excluding tert-OH is 1. The number of carbonyl (C=O) groups is 3. The Balaban J connectivity index is 1.35. The molecule has 4 rings (SSSR count). The average molecular weight is 379 g/mol. The molecule has 1 aliphatic heterocycles. The molecule has 0 aromatic heterocycles. The summed E-state index contributed by atoms with van der Waals surface area (Å²) >= 11 is 0. The molecule has 2 aromatic rings. The van der Waals surface area contributed by atoms with Crippen molar-refractivity contribution in [1.82, 2.24) is 10.6 Å². The summed E-state index contributed by atoms with van der Waals surface area (Å²) in [7, 11) is 0. The molecule has 4 N–H and O–H groups in total. The highest BCUT2D eigenvalue weighted by Gasteiger charge is 2.32. The average Bonchev–Trinajstić information content (AvgIpc) is 3.15. The molecule has 4 amide bonds. The van der Waals surface area contributed by atoms with Gasteiger partial charge in [0.1, 0.15) is 0 Å². The van der Waals surface area contributed by atoms with E-state index in [1.54, 1.807) is 12.1 Å². The summed E-state index contributed by atoms with van der Waals surface area (Å²) in [6.07, 6.45) is 0.569. The highest BCUT2D eigenvalue weighted by Crippen LogP contribution is 2.31. The van der Waals surface area contributed by atoms with Gasteiger partial charge in [0.15, 0.2) is 0 Å². The van der Waals surface area contributed by atoms with Crippen LogP contribution in [0.3, 0.4) is 0 Å². The fourth-order valence-electron chi connectivity index (χ4n) is 3.84. The summed E-state index contributed by atoms with van der Waals surface area (Å²) in [5.74, 6) is -0.804. The maximum Gasteiger partial charge on any atom is 0.319 e. The van der Waals surface area contributed by atoms with Gasteiger partial charge in [-0.15, -0.1) is 0 Å².